The highest BCUT2D eigenvalue weighted by Crippen LogP contribution is 2.46. The topological polar surface area (TPSA) is 39.9 Å². The van der Waals surface area contributed by atoms with E-state index in [4.69, 9.17) is 14.7 Å². The first kappa shape index (κ1) is 25.0. The molecule has 44 heavy (non-hydrogen) atoms. The van der Waals surface area contributed by atoms with Crippen LogP contribution < -0.4 is 4.74 Å². The number of ether oxygens (including phenoxy) is 1. The van der Waals surface area contributed by atoms with Crippen molar-refractivity contribution in [2.45, 2.75) is 0 Å². The zero-order chi connectivity index (χ0) is 29.2. The molecular weight excluding hydrogens is 559 g/mol. The highest BCUT2D eigenvalue weighted by Gasteiger charge is 2.21. The number of aromatic nitrogens is 3. The smallest absolute Gasteiger partial charge is 0.162 e. The molecule has 6 aromatic carbocycles. The van der Waals surface area contributed by atoms with Gasteiger partial charge < -0.3 is 4.74 Å². The first-order valence-corrected chi connectivity index (χ1v) is 15.4. The third kappa shape index (κ3) is 3.76. The van der Waals surface area contributed by atoms with Crippen LogP contribution in [0.15, 0.2) is 133 Å². The van der Waals surface area contributed by atoms with Crippen LogP contribution in [-0.2, 0) is 0 Å². The number of thiophene rings is 1. The van der Waals surface area contributed by atoms with Crippen LogP contribution in [-0.4, -0.2) is 21.6 Å². The average Bonchev–Trinajstić information content (AvgIpc) is 3.64. The first-order valence-electron chi connectivity index (χ1n) is 14.6. The Hall–Kier alpha value is -5.52. The molecular formula is C39H25N3OS. The van der Waals surface area contributed by atoms with E-state index < -0.39 is 0 Å². The van der Waals surface area contributed by atoms with Crippen LogP contribution in [0.4, 0.5) is 0 Å². The Balaban J connectivity index is 1.44. The monoisotopic (exact) mass is 583 g/mol. The quantitative estimate of drug-likeness (QED) is 0.207. The molecule has 0 fully saturated rings. The number of benzene rings is 6. The van der Waals surface area contributed by atoms with Crippen molar-refractivity contribution in [3.8, 4) is 34.2 Å². The minimum Gasteiger partial charge on any atom is -0.497 e. The van der Waals surface area contributed by atoms with Crippen LogP contribution in [0.1, 0.15) is 0 Å². The molecule has 4 nitrogen and oxygen atoms in total. The van der Waals surface area contributed by atoms with Crippen LogP contribution in [0.25, 0.3) is 81.2 Å². The molecule has 0 aliphatic rings. The second-order valence-corrected chi connectivity index (χ2v) is 12.0. The van der Waals surface area contributed by atoms with E-state index in [9.17, 15) is 0 Å². The summed E-state index contributed by atoms with van der Waals surface area (Å²) in [4.78, 5) is 10.3. The molecule has 0 N–H and O–H groups in total. The largest absolute Gasteiger partial charge is 0.497 e. The third-order valence-electron chi connectivity index (χ3n) is 8.51. The molecule has 0 spiro atoms. The molecule has 0 aliphatic heterocycles. The van der Waals surface area contributed by atoms with Gasteiger partial charge in [0.15, 0.2) is 5.82 Å². The lowest BCUT2D eigenvalue weighted by Crippen LogP contribution is -2.02. The molecule has 0 bridgehead atoms. The molecule has 3 aromatic heterocycles. The van der Waals surface area contributed by atoms with Gasteiger partial charge in [-0.3, -0.25) is 4.57 Å². The molecule has 0 atom stereocenters. The zero-order valence-corrected chi connectivity index (χ0v) is 24.7. The Labute approximate surface area is 257 Å². The summed E-state index contributed by atoms with van der Waals surface area (Å²) >= 11 is 1.84. The van der Waals surface area contributed by atoms with Gasteiger partial charge in [0.1, 0.15) is 11.6 Å². The summed E-state index contributed by atoms with van der Waals surface area (Å²) in [6, 6.07) is 46.7. The summed E-state index contributed by atoms with van der Waals surface area (Å²) in [5.41, 5.74) is 5.18. The van der Waals surface area contributed by atoms with E-state index in [2.05, 4.69) is 108 Å². The van der Waals surface area contributed by atoms with Crippen molar-refractivity contribution in [1.29, 1.82) is 0 Å². The number of fused-ring (bicyclic) bond motifs is 9. The number of rotatable bonds is 4. The van der Waals surface area contributed by atoms with Crippen LogP contribution in [0, 0.1) is 0 Å². The van der Waals surface area contributed by atoms with E-state index in [1.165, 1.54) is 41.7 Å². The van der Waals surface area contributed by atoms with Crippen LogP contribution in [0.5, 0.6) is 5.75 Å². The van der Waals surface area contributed by atoms with Gasteiger partial charge >= 0.3 is 0 Å². The Morgan fingerprint density at radius 1 is 0.591 bits per heavy atom. The van der Waals surface area contributed by atoms with Gasteiger partial charge in [0, 0.05) is 48.1 Å². The van der Waals surface area contributed by atoms with Gasteiger partial charge in [0.25, 0.3) is 0 Å². The molecule has 9 rings (SSSR count). The zero-order valence-electron chi connectivity index (χ0n) is 23.9. The van der Waals surface area contributed by atoms with Gasteiger partial charge in [-0.25, -0.2) is 9.97 Å². The summed E-state index contributed by atoms with van der Waals surface area (Å²) < 4.78 is 10.4. The molecule has 0 saturated heterocycles. The molecule has 0 amide bonds. The highest BCUT2D eigenvalue weighted by molar-refractivity contribution is 7.26. The molecule has 0 radical (unpaired) electrons. The third-order valence-corrected chi connectivity index (χ3v) is 9.71. The van der Waals surface area contributed by atoms with E-state index in [0.717, 1.165) is 39.4 Å². The van der Waals surface area contributed by atoms with Crippen molar-refractivity contribution in [3.63, 3.8) is 0 Å². The fourth-order valence-electron chi connectivity index (χ4n) is 6.47. The lowest BCUT2D eigenvalue weighted by molar-refractivity contribution is 0.415. The fourth-order valence-corrected chi connectivity index (χ4v) is 7.70. The first-order chi connectivity index (χ1) is 21.8. The summed E-state index contributed by atoms with van der Waals surface area (Å²) in [6.07, 6.45) is 0. The van der Waals surface area contributed by atoms with Crippen molar-refractivity contribution in [1.82, 2.24) is 14.5 Å². The molecule has 0 unspecified atom stereocenters. The average molecular weight is 584 g/mol. The predicted octanol–water partition coefficient (Wildman–Crippen LogP) is 10.4. The second-order valence-electron chi connectivity index (χ2n) is 11.0. The van der Waals surface area contributed by atoms with Crippen molar-refractivity contribution < 1.29 is 4.74 Å². The van der Waals surface area contributed by atoms with Gasteiger partial charge in [0.2, 0.25) is 0 Å². The number of nitrogens with zero attached hydrogens (tertiary/aromatic N) is 3. The normalized spacial score (nSPS) is 11.8. The molecule has 9 aromatic rings. The number of hydrogen-bond donors (Lipinski definition) is 0. The Morgan fingerprint density at radius 3 is 2.14 bits per heavy atom. The molecule has 208 valence electrons. The van der Waals surface area contributed by atoms with E-state index in [-0.39, 0.29) is 0 Å². The number of hydrogen-bond acceptors (Lipinski definition) is 4. The Morgan fingerprint density at radius 2 is 1.32 bits per heavy atom. The maximum Gasteiger partial charge on any atom is 0.162 e. The standard InChI is InChI=1S/C39H25N3OS/c1-43-27-17-21-34-30(22-27)29-18-20-33-37(38(29)44-34)36-28-15-9-8-10-24(28)16-19-32(36)42(33)35-23-31(25-11-4-2-5-12-25)40-39(41-35)26-13-6-3-7-14-26/h2-23H,1H3. The van der Waals surface area contributed by atoms with Gasteiger partial charge in [-0.2, -0.15) is 0 Å². The maximum atomic E-state index is 5.60. The molecule has 5 heteroatoms. The minimum absolute atomic E-state index is 0.702. The lowest BCUT2D eigenvalue weighted by atomic mass is 10.0. The van der Waals surface area contributed by atoms with Gasteiger partial charge in [-0.05, 0) is 41.1 Å². The van der Waals surface area contributed by atoms with E-state index >= 15 is 0 Å². The van der Waals surface area contributed by atoms with E-state index in [1.807, 2.05) is 41.7 Å². The van der Waals surface area contributed by atoms with Gasteiger partial charge in [0.05, 0.1) is 23.8 Å². The SMILES string of the molecule is COc1ccc2sc3c(ccc4c3c3c5ccccc5ccc3n4-c3cc(-c4ccccc4)nc(-c4ccccc4)n3)c2c1. The highest BCUT2D eigenvalue weighted by atomic mass is 32.1. The maximum absolute atomic E-state index is 5.60. The Bertz CT molecular complexity index is 2470. The second kappa shape index (κ2) is 9.76. The van der Waals surface area contributed by atoms with E-state index in [1.54, 1.807) is 7.11 Å². The van der Waals surface area contributed by atoms with Crippen molar-refractivity contribution >= 4 is 64.1 Å². The molecule has 0 aliphatic carbocycles. The van der Waals surface area contributed by atoms with Crippen LogP contribution >= 0.6 is 11.3 Å². The van der Waals surface area contributed by atoms with Crippen LogP contribution in [0.2, 0.25) is 0 Å². The summed E-state index contributed by atoms with van der Waals surface area (Å²) in [5, 5.41) is 7.39. The lowest BCUT2D eigenvalue weighted by Gasteiger charge is -2.12. The predicted molar refractivity (Wildman–Crippen MR) is 184 cm³/mol. The van der Waals surface area contributed by atoms with Gasteiger partial charge in [-0.1, -0.05) is 97.1 Å². The summed E-state index contributed by atoms with van der Waals surface area (Å²) in [6.45, 7) is 0. The summed E-state index contributed by atoms with van der Waals surface area (Å²) in [5.74, 6) is 2.41. The minimum atomic E-state index is 0.702. The van der Waals surface area contributed by atoms with Crippen LogP contribution in [0.3, 0.4) is 0 Å². The van der Waals surface area contributed by atoms with Crippen molar-refractivity contribution in [3.05, 3.63) is 133 Å². The fraction of sp³-hybridized carbons (Fsp3) is 0.0256. The molecule has 3 heterocycles. The number of methoxy groups -OCH3 is 1. The summed E-state index contributed by atoms with van der Waals surface area (Å²) in [7, 11) is 1.73. The van der Waals surface area contributed by atoms with Crippen molar-refractivity contribution in [2.24, 2.45) is 0 Å². The van der Waals surface area contributed by atoms with Gasteiger partial charge in [-0.15, -0.1) is 11.3 Å². The van der Waals surface area contributed by atoms with Crippen molar-refractivity contribution in [2.75, 3.05) is 7.11 Å². The van der Waals surface area contributed by atoms with E-state index in [0.29, 0.717) is 5.82 Å². The molecule has 0 saturated carbocycles. The Kier molecular flexibility index (Phi) is 5.55.